The standard InChI is InChI=1S/C16H17F2N5O/c1-3-9-4-10(5-11-7-20-22-13(9)11)16(24)19-6-12-8-21-23(2)14(12)15(17)18/h4-5,7-8,15H,3,6H2,1-2H3,(H,19,24)(H,20,22). The van der Waals surface area contributed by atoms with Crippen LogP contribution >= 0.6 is 0 Å². The summed E-state index contributed by atoms with van der Waals surface area (Å²) in [4.78, 5) is 12.4. The largest absolute Gasteiger partial charge is 0.348 e. The number of carbonyl (C=O) groups excluding carboxylic acids is 1. The Bertz CT molecular complexity index is 884. The topological polar surface area (TPSA) is 75.6 Å². The molecular formula is C16H17F2N5O. The number of nitrogens with zero attached hydrogens (tertiary/aromatic N) is 3. The molecule has 2 aromatic heterocycles. The van der Waals surface area contributed by atoms with Gasteiger partial charge in [0.2, 0.25) is 0 Å². The lowest BCUT2D eigenvalue weighted by Gasteiger charge is -2.08. The molecule has 1 amide bonds. The van der Waals surface area contributed by atoms with E-state index < -0.39 is 6.43 Å². The monoisotopic (exact) mass is 333 g/mol. The summed E-state index contributed by atoms with van der Waals surface area (Å²) in [6.07, 6.45) is 1.11. The van der Waals surface area contributed by atoms with Crippen LogP contribution in [-0.4, -0.2) is 25.9 Å². The van der Waals surface area contributed by atoms with Crippen LogP contribution in [0.25, 0.3) is 10.9 Å². The Hall–Kier alpha value is -2.77. The lowest BCUT2D eigenvalue weighted by atomic mass is 10.0. The molecule has 3 aromatic rings. The van der Waals surface area contributed by atoms with E-state index >= 15 is 0 Å². The first-order valence-corrected chi connectivity index (χ1v) is 7.54. The van der Waals surface area contributed by atoms with Crippen molar-refractivity contribution in [2.24, 2.45) is 7.05 Å². The van der Waals surface area contributed by atoms with E-state index in [2.05, 4.69) is 20.6 Å². The van der Waals surface area contributed by atoms with Crippen LogP contribution in [0.1, 0.15) is 40.5 Å². The zero-order chi connectivity index (χ0) is 17.3. The lowest BCUT2D eigenvalue weighted by Crippen LogP contribution is -2.23. The molecule has 6 nitrogen and oxygen atoms in total. The molecule has 0 spiro atoms. The third-order valence-electron chi connectivity index (χ3n) is 3.98. The molecule has 8 heteroatoms. The average Bonchev–Trinajstić information content (AvgIpc) is 3.17. The van der Waals surface area contributed by atoms with Crippen molar-refractivity contribution in [3.8, 4) is 0 Å². The summed E-state index contributed by atoms with van der Waals surface area (Å²) in [5.74, 6) is -0.322. The smallest absolute Gasteiger partial charge is 0.280 e. The minimum Gasteiger partial charge on any atom is -0.348 e. The van der Waals surface area contributed by atoms with Crippen LogP contribution in [0.5, 0.6) is 0 Å². The van der Waals surface area contributed by atoms with Gasteiger partial charge in [-0.05, 0) is 24.1 Å². The molecule has 0 bridgehead atoms. The maximum absolute atomic E-state index is 13.0. The number of aromatic nitrogens is 4. The minimum absolute atomic E-state index is 0.00275. The number of aryl methyl sites for hydroxylation is 2. The highest BCUT2D eigenvalue weighted by Gasteiger charge is 2.19. The van der Waals surface area contributed by atoms with Gasteiger partial charge >= 0.3 is 0 Å². The third kappa shape index (κ3) is 2.86. The minimum atomic E-state index is -2.64. The van der Waals surface area contributed by atoms with Crippen LogP contribution in [0, 0.1) is 0 Å². The van der Waals surface area contributed by atoms with Gasteiger partial charge in [0.1, 0.15) is 5.69 Å². The molecule has 2 heterocycles. The third-order valence-corrected chi connectivity index (χ3v) is 3.98. The van der Waals surface area contributed by atoms with Crippen LogP contribution < -0.4 is 5.32 Å². The summed E-state index contributed by atoms with van der Waals surface area (Å²) in [5.41, 5.74) is 2.48. The van der Waals surface area contributed by atoms with Crippen molar-refractivity contribution in [3.63, 3.8) is 0 Å². The van der Waals surface area contributed by atoms with Crippen molar-refractivity contribution < 1.29 is 13.6 Å². The Labute approximate surface area is 136 Å². The van der Waals surface area contributed by atoms with E-state index in [1.54, 1.807) is 18.3 Å². The van der Waals surface area contributed by atoms with Crippen molar-refractivity contribution >= 4 is 16.8 Å². The van der Waals surface area contributed by atoms with Crippen molar-refractivity contribution in [3.05, 3.63) is 46.9 Å². The number of carbonyl (C=O) groups is 1. The van der Waals surface area contributed by atoms with Crippen molar-refractivity contribution in [2.75, 3.05) is 0 Å². The molecule has 1 aromatic carbocycles. The van der Waals surface area contributed by atoms with Gasteiger partial charge in [-0.2, -0.15) is 10.2 Å². The van der Waals surface area contributed by atoms with Crippen LogP contribution in [-0.2, 0) is 20.0 Å². The summed E-state index contributed by atoms with van der Waals surface area (Å²) in [5, 5.41) is 14.2. The molecule has 0 aliphatic heterocycles. The molecule has 0 radical (unpaired) electrons. The Kier molecular flexibility index (Phi) is 4.28. The maximum atomic E-state index is 13.0. The van der Waals surface area contributed by atoms with Gasteiger partial charge in [-0.25, -0.2) is 8.78 Å². The summed E-state index contributed by atoms with van der Waals surface area (Å²) in [6.45, 7) is 1.99. The van der Waals surface area contributed by atoms with E-state index in [1.807, 2.05) is 6.92 Å². The second-order valence-corrected chi connectivity index (χ2v) is 5.49. The van der Waals surface area contributed by atoms with Crippen molar-refractivity contribution in [1.29, 1.82) is 0 Å². The number of aromatic amines is 1. The van der Waals surface area contributed by atoms with E-state index in [0.29, 0.717) is 11.1 Å². The van der Waals surface area contributed by atoms with E-state index in [9.17, 15) is 13.6 Å². The van der Waals surface area contributed by atoms with E-state index in [0.717, 1.165) is 27.6 Å². The number of nitrogens with one attached hydrogen (secondary N) is 2. The highest BCUT2D eigenvalue weighted by molar-refractivity contribution is 5.98. The summed E-state index contributed by atoms with van der Waals surface area (Å²) < 4.78 is 27.2. The second-order valence-electron chi connectivity index (χ2n) is 5.49. The van der Waals surface area contributed by atoms with E-state index in [-0.39, 0.29) is 18.1 Å². The second kappa shape index (κ2) is 6.38. The fourth-order valence-electron chi connectivity index (χ4n) is 2.73. The summed E-state index contributed by atoms with van der Waals surface area (Å²) >= 11 is 0. The Morgan fingerprint density at radius 2 is 2.12 bits per heavy atom. The highest BCUT2D eigenvalue weighted by Crippen LogP contribution is 2.22. The molecule has 0 atom stereocenters. The van der Waals surface area contributed by atoms with Gasteiger partial charge in [-0.3, -0.25) is 14.6 Å². The fourth-order valence-corrected chi connectivity index (χ4v) is 2.73. The van der Waals surface area contributed by atoms with Crippen molar-refractivity contribution in [2.45, 2.75) is 26.3 Å². The number of hydrogen-bond donors (Lipinski definition) is 2. The Balaban J connectivity index is 1.81. The average molecular weight is 333 g/mol. The van der Waals surface area contributed by atoms with Crippen molar-refractivity contribution in [1.82, 2.24) is 25.3 Å². The van der Waals surface area contributed by atoms with Gasteiger partial charge in [-0.1, -0.05) is 6.92 Å². The van der Waals surface area contributed by atoms with Gasteiger partial charge in [0, 0.05) is 30.1 Å². The molecule has 0 saturated heterocycles. The quantitative estimate of drug-likeness (QED) is 0.754. The molecule has 3 rings (SSSR count). The zero-order valence-corrected chi connectivity index (χ0v) is 13.3. The van der Waals surface area contributed by atoms with Gasteiger partial charge in [0.05, 0.1) is 17.9 Å². The zero-order valence-electron chi connectivity index (χ0n) is 13.3. The molecule has 0 fully saturated rings. The lowest BCUT2D eigenvalue weighted by molar-refractivity contribution is 0.0948. The number of amides is 1. The van der Waals surface area contributed by atoms with E-state index in [4.69, 9.17) is 0 Å². The molecule has 0 saturated carbocycles. The Morgan fingerprint density at radius 1 is 1.33 bits per heavy atom. The van der Waals surface area contributed by atoms with Crippen LogP contribution in [0.4, 0.5) is 8.78 Å². The first-order chi connectivity index (χ1) is 11.5. The number of alkyl halides is 2. The van der Waals surface area contributed by atoms with Gasteiger partial charge in [0.25, 0.3) is 12.3 Å². The number of halogens is 2. The van der Waals surface area contributed by atoms with E-state index in [1.165, 1.54) is 13.2 Å². The molecule has 0 aliphatic rings. The molecular weight excluding hydrogens is 316 g/mol. The molecule has 0 unspecified atom stereocenters. The summed E-state index contributed by atoms with van der Waals surface area (Å²) in [7, 11) is 1.45. The van der Waals surface area contributed by atoms with Gasteiger partial charge in [0.15, 0.2) is 0 Å². The predicted octanol–water partition coefficient (Wildman–Crippen LogP) is 2.73. The normalized spacial score (nSPS) is 11.4. The number of rotatable bonds is 5. The number of benzene rings is 1. The molecule has 0 aliphatic carbocycles. The molecule has 126 valence electrons. The summed E-state index contributed by atoms with van der Waals surface area (Å²) in [6, 6.07) is 3.51. The predicted molar refractivity (Wildman–Crippen MR) is 84.8 cm³/mol. The number of fused-ring (bicyclic) bond motifs is 1. The first kappa shape index (κ1) is 16.1. The number of hydrogen-bond acceptors (Lipinski definition) is 3. The van der Waals surface area contributed by atoms with Gasteiger partial charge in [-0.15, -0.1) is 0 Å². The number of H-pyrrole nitrogens is 1. The molecule has 24 heavy (non-hydrogen) atoms. The maximum Gasteiger partial charge on any atom is 0.280 e. The SMILES string of the molecule is CCc1cc(C(=O)NCc2cnn(C)c2C(F)F)cc2cn[nH]c12. The Morgan fingerprint density at radius 3 is 2.83 bits per heavy atom. The first-order valence-electron chi connectivity index (χ1n) is 7.54. The van der Waals surface area contributed by atoms with Gasteiger partial charge < -0.3 is 5.32 Å². The van der Waals surface area contributed by atoms with Crippen LogP contribution in [0.3, 0.4) is 0 Å². The molecule has 2 N–H and O–H groups in total. The fraction of sp³-hybridized carbons (Fsp3) is 0.312. The van der Waals surface area contributed by atoms with Crippen LogP contribution in [0.2, 0.25) is 0 Å². The highest BCUT2D eigenvalue weighted by atomic mass is 19.3. The van der Waals surface area contributed by atoms with Crippen LogP contribution in [0.15, 0.2) is 24.5 Å².